The van der Waals surface area contributed by atoms with Crippen LogP contribution in [0.1, 0.15) is 41.7 Å². The average Bonchev–Trinajstić information content (AvgIpc) is 2.94. The maximum atomic E-state index is 12.7. The molecule has 2 fully saturated rings. The van der Waals surface area contributed by atoms with Gasteiger partial charge in [0, 0.05) is 44.6 Å². The first-order chi connectivity index (χ1) is 11.5. The van der Waals surface area contributed by atoms with Crippen LogP contribution in [0.3, 0.4) is 0 Å². The molecule has 1 amide bonds. The third-order valence-electron chi connectivity index (χ3n) is 5.68. The van der Waals surface area contributed by atoms with Crippen molar-refractivity contribution in [1.29, 1.82) is 0 Å². The zero-order valence-electron chi connectivity index (χ0n) is 14.6. The number of rotatable bonds is 3. The Morgan fingerprint density at radius 1 is 1.17 bits per heavy atom. The molecular formula is C18H27N3O3. The van der Waals surface area contributed by atoms with E-state index in [4.69, 9.17) is 0 Å². The number of carboxylic acids is 1. The van der Waals surface area contributed by atoms with Crippen LogP contribution in [0.5, 0.6) is 0 Å². The lowest BCUT2D eigenvalue weighted by molar-refractivity contribution is -0.144. The van der Waals surface area contributed by atoms with E-state index < -0.39 is 5.97 Å². The van der Waals surface area contributed by atoms with Gasteiger partial charge in [-0.05, 0) is 45.2 Å². The van der Waals surface area contributed by atoms with E-state index in [0.717, 1.165) is 56.6 Å². The van der Waals surface area contributed by atoms with E-state index in [2.05, 4.69) is 4.90 Å². The maximum Gasteiger partial charge on any atom is 0.307 e. The molecule has 0 aromatic carbocycles. The van der Waals surface area contributed by atoms with Gasteiger partial charge in [0.05, 0.1) is 11.5 Å². The van der Waals surface area contributed by atoms with Gasteiger partial charge in [0.15, 0.2) is 0 Å². The van der Waals surface area contributed by atoms with Crippen molar-refractivity contribution in [3.05, 3.63) is 23.5 Å². The van der Waals surface area contributed by atoms with Gasteiger partial charge in [-0.15, -0.1) is 0 Å². The van der Waals surface area contributed by atoms with E-state index in [-0.39, 0.29) is 11.8 Å². The summed E-state index contributed by atoms with van der Waals surface area (Å²) in [6.07, 6.45) is 5.54. The summed E-state index contributed by atoms with van der Waals surface area (Å²) in [5.74, 6) is -0.786. The van der Waals surface area contributed by atoms with Gasteiger partial charge in [0.2, 0.25) is 0 Å². The number of piperidine rings is 2. The SMILES string of the molecule is Cc1c(C(=O)N2CCC(N3CCC[C@@H](C(=O)O)C3)CC2)ccn1C. The number of carbonyl (C=O) groups is 2. The summed E-state index contributed by atoms with van der Waals surface area (Å²) >= 11 is 0. The summed E-state index contributed by atoms with van der Waals surface area (Å²) in [7, 11) is 1.95. The Morgan fingerprint density at radius 3 is 2.46 bits per heavy atom. The Bertz CT molecular complexity index is 617. The molecule has 132 valence electrons. The Hall–Kier alpha value is -1.82. The van der Waals surface area contributed by atoms with Crippen LogP contribution in [-0.2, 0) is 11.8 Å². The van der Waals surface area contributed by atoms with E-state index in [1.807, 2.05) is 35.7 Å². The molecule has 1 aromatic rings. The molecule has 1 N–H and O–H groups in total. The molecule has 0 bridgehead atoms. The molecule has 0 saturated carbocycles. The lowest BCUT2D eigenvalue weighted by Gasteiger charge is -2.41. The van der Waals surface area contributed by atoms with Crippen LogP contribution < -0.4 is 0 Å². The van der Waals surface area contributed by atoms with Crippen LogP contribution in [0.25, 0.3) is 0 Å². The van der Waals surface area contributed by atoms with E-state index in [1.165, 1.54) is 0 Å². The number of likely N-dealkylation sites (tertiary alicyclic amines) is 2. The molecule has 6 nitrogen and oxygen atoms in total. The summed E-state index contributed by atoms with van der Waals surface area (Å²) in [5, 5.41) is 9.24. The van der Waals surface area contributed by atoms with Crippen molar-refractivity contribution in [3.8, 4) is 0 Å². The largest absolute Gasteiger partial charge is 0.481 e. The van der Waals surface area contributed by atoms with Crippen molar-refractivity contribution < 1.29 is 14.7 Å². The minimum Gasteiger partial charge on any atom is -0.481 e. The lowest BCUT2D eigenvalue weighted by atomic mass is 9.94. The van der Waals surface area contributed by atoms with E-state index >= 15 is 0 Å². The fourth-order valence-corrected chi connectivity index (χ4v) is 3.98. The minimum atomic E-state index is -0.674. The molecule has 0 spiro atoms. The zero-order valence-corrected chi connectivity index (χ0v) is 14.6. The molecule has 6 heteroatoms. The molecule has 0 unspecified atom stereocenters. The van der Waals surface area contributed by atoms with E-state index in [1.54, 1.807) is 0 Å². The predicted octanol–water partition coefficient (Wildman–Crippen LogP) is 1.73. The van der Waals surface area contributed by atoms with Gasteiger partial charge in [-0.3, -0.25) is 14.5 Å². The summed E-state index contributed by atoms with van der Waals surface area (Å²) < 4.78 is 1.97. The van der Waals surface area contributed by atoms with Gasteiger partial charge in [-0.2, -0.15) is 0 Å². The van der Waals surface area contributed by atoms with Crippen molar-refractivity contribution in [2.24, 2.45) is 13.0 Å². The summed E-state index contributed by atoms with van der Waals surface area (Å²) in [4.78, 5) is 28.2. The third-order valence-corrected chi connectivity index (χ3v) is 5.68. The quantitative estimate of drug-likeness (QED) is 0.915. The number of aliphatic carboxylic acids is 1. The summed E-state index contributed by atoms with van der Waals surface area (Å²) in [6, 6.07) is 2.30. The van der Waals surface area contributed by atoms with Gasteiger partial charge in [-0.25, -0.2) is 0 Å². The van der Waals surface area contributed by atoms with Gasteiger partial charge < -0.3 is 14.6 Å². The number of carbonyl (C=O) groups excluding carboxylic acids is 1. The van der Waals surface area contributed by atoms with Gasteiger partial charge >= 0.3 is 5.97 Å². The van der Waals surface area contributed by atoms with Crippen LogP contribution in [0.15, 0.2) is 12.3 Å². The highest BCUT2D eigenvalue weighted by Crippen LogP contribution is 2.25. The van der Waals surface area contributed by atoms with Crippen LogP contribution in [0, 0.1) is 12.8 Å². The molecule has 2 aliphatic rings. The first-order valence-corrected chi connectivity index (χ1v) is 8.85. The number of aromatic nitrogens is 1. The lowest BCUT2D eigenvalue weighted by Crippen LogP contribution is -2.50. The topological polar surface area (TPSA) is 65.8 Å². The fourth-order valence-electron chi connectivity index (χ4n) is 3.98. The second-order valence-electron chi connectivity index (χ2n) is 7.12. The molecule has 3 rings (SSSR count). The molecule has 24 heavy (non-hydrogen) atoms. The molecule has 0 radical (unpaired) electrons. The summed E-state index contributed by atoms with van der Waals surface area (Å²) in [5.41, 5.74) is 1.79. The number of aryl methyl sites for hydroxylation is 1. The predicted molar refractivity (Wildman–Crippen MR) is 91.0 cm³/mol. The second-order valence-corrected chi connectivity index (χ2v) is 7.12. The molecule has 2 saturated heterocycles. The fraction of sp³-hybridized carbons (Fsp3) is 0.667. The van der Waals surface area contributed by atoms with Crippen LogP contribution in [-0.4, -0.2) is 63.6 Å². The number of nitrogens with zero attached hydrogens (tertiary/aromatic N) is 3. The van der Waals surface area contributed by atoms with Crippen molar-refractivity contribution in [2.45, 2.75) is 38.6 Å². The normalized spacial score (nSPS) is 23.4. The standard InChI is InChI=1S/C18H27N3O3/c1-13-16(7-9-19(13)2)17(22)20-10-5-15(6-11-20)21-8-3-4-14(12-21)18(23)24/h7,9,14-15H,3-6,8,10-12H2,1-2H3,(H,23,24)/t14-/m1/s1. The maximum absolute atomic E-state index is 12.7. The third kappa shape index (κ3) is 3.34. The molecule has 3 heterocycles. The van der Waals surface area contributed by atoms with Crippen LogP contribution in [0.4, 0.5) is 0 Å². The van der Waals surface area contributed by atoms with Crippen LogP contribution >= 0.6 is 0 Å². The first kappa shape index (κ1) is 17.0. The summed E-state index contributed by atoms with van der Waals surface area (Å²) in [6.45, 7) is 5.13. The molecule has 1 aromatic heterocycles. The molecule has 1 atom stereocenters. The number of hydrogen-bond donors (Lipinski definition) is 1. The number of carboxylic acid groups (broad SMARTS) is 1. The highest BCUT2D eigenvalue weighted by Gasteiger charge is 2.32. The van der Waals surface area contributed by atoms with Gasteiger partial charge in [-0.1, -0.05) is 0 Å². The van der Waals surface area contributed by atoms with Crippen molar-refractivity contribution in [2.75, 3.05) is 26.2 Å². The van der Waals surface area contributed by atoms with Crippen molar-refractivity contribution >= 4 is 11.9 Å². The Kier molecular flexibility index (Phi) is 4.94. The minimum absolute atomic E-state index is 0.119. The zero-order chi connectivity index (χ0) is 17.3. The molecule has 2 aliphatic heterocycles. The van der Waals surface area contributed by atoms with E-state index in [0.29, 0.717) is 12.6 Å². The second kappa shape index (κ2) is 6.97. The monoisotopic (exact) mass is 333 g/mol. The Morgan fingerprint density at radius 2 is 1.88 bits per heavy atom. The van der Waals surface area contributed by atoms with E-state index in [9.17, 15) is 14.7 Å². The number of amides is 1. The Balaban J connectivity index is 1.57. The average molecular weight is 333 g/mol. The molecular weight excluding hydrogens is 306 g/mol. The van der Waals surface area contributed by atoms with Crippen molar-refractivity contribution in [3.63, 3.8) is 0 Å². The molecule has 0 aliphatic carbocycles. The van der Waals surface area contributed by atoms with Crippen LogP contribution in [0.2, 0.25) is 0 Å². The van der Waals surface area contributed by atoms with Crippen molar-refractivity contribution in [1.82, 2.24) is 14.4 Å². The van der Waals surface area contributed by atoms with Gasteiger partial charge in [0.1, 0.15) is 0 Å². The number of hydrogen-bond acceptors (Lipinski definition) is 3. The van der Waals surface area contributed by atoms with Gasteiger partial charge in [0.25, 0.3) is 5.91 Å². The Labute approximate surface area is 143 Å². The highest BCUT2D eigenvalue weighted by atomic mass is 16.4. The first-order valence-electron chi connectivity index (χ1n) is 8.85. The smallest absolute Gasteiger partial charge is 0.307 e. The highest BCUT2D eigenvalue weighted by molar-refractivity contribution is 5.95.